The Morgan fingerprint density at radius 2 is 1.65 bits per heavy atom. The van der Waals surface area contributed by atoms with Crippen LogP contribution in [-0.2, 0) is 10.1 Å². The quantitative estimate of drug-likeness (QED) is 0.357. The van der Waals surface area contributed by atoms with Gasteiger partial charge in [0.2, 0.25) is 0 Å². The van der Waals surface area contributed by atoms with Crippen molar-refractivity contribution >= 4 is 20.9 Å². The van der Waals surface area contributed by atoms with Crippen LogP contribution in [0.5, 0.6) is 11.5 Å². The van der Waals surface area contributed by atoms with E-state index >= 15 is 0 Å². The minimum atomic E-state index is -4.81. The van der Waals surface area contributed by atoms with Crippen molar-refractivity contribution in [1.29, 1.82) is 0 Å². The van der Waals surface area contributed by atoms with Crippen molar-refractivity contribution in [2.24, 2.45) is 0 Å². The van der Waals surface area contributed by atoms with Gasteiger partial charge in [0.05, 0.1) is 0 Å². The summed E-state index contributed by atoms with van der Waals surface area (Å²) in [5.41, 5.74) is 0. The van der Waals surface area contributed by atoms with Crippen molar-refractivity contribution in [2.75, 3.05) is 0 Å². The third-order valence-corrected chi connectivity index (χ3v) is 3.08. The topological polar surface area (TPSA) is 97.7 Å². The molecule has 0 amide bonds. The Balaban J connectivity index is 0.00000144. The van der Waals surface area contributed by atoms with E-state index in [1.54, 1.807) is 12.1 Å². The average Bonchev–Trinajstić information content (AvgIpc) is 2.22. The second-order valence-electron chi connectivity index (χ2n) is 3.25. The van der Waals surface area contributed by atoms with E-state index in [4.69, 9.17) is 0 Å². The zero-order valence-corrected chi connectivity index (χ0v) is 11.7. The Hall–Kier alpha value is -0.790. The molecule has 0 saturated heterocycles. The summed E-state index contributed by atoms with van der Waals surface area (Å²) in [7, 11) is -4.81. The molecule has 0 unspecified atom stereocenters. The molecule has 0 fully saturated rings. The predicted molar refractivity (Wildman–Crippen MR) is 55.2 cm³/mol. The molecule has 0 bridgehead atoms. The van der Waals surface area contributed by atoms with Crippen LogP contribution in [0.15, 0.2) is 35.2 Å². The maximum absolute atomic E-state index is 10.8. The first-order chi connectivity index (χ1) is 7.41. The van der Waals surface area contributed by atoms with Gasteiger partial charge in [-0.05, 0) is 11.5 Å². The SMILES string of the molecule is O=S(=O)([O-])c1cc2ccccc2c(O)c1O.[Na+]. The first-order valence-electron chi connectivity index (χ1n) is 4.31. The maximum atomic E-state index is 10.8. The fraction of sp³-hybridized carbons (Fsp3) is 0. The molecule has 0 aromatic heterocycles. The van der Waals surface area contributed by atoms with Gasteiger partial charge in [0.1, 0.15) is 15.0 Å². The van der Waals surface area contributed by atoms with Gasteiger partial charge >= 0.3 is 29.6 Å². The van der Waals surface area contributed by atoms with E-state index in [9.17, 15) is 23.2 Å². The molecule has 7 heteroatoms. The van der Waals surface area contributed by atoms with E-state index < -0.39 is 26.5 Å². The van der Waals surface area contributed by atoms with Crippen LogP contribution in [0.1, 0.15) is 0 Å². The molecule has 0 radical (unpaired) electrons. The van der Waals surface area contributed by atoms with Gasteiger partial charge in [0, 0.05) is 5.39 Å². The summed E-state index contributed by atoms with van der Waals surface area (Å²) < 4.78 is 32.5. The summed E-state index contributed by atoms with van der Waals surface area (Å²) in [6, 6.07) is 7.31. The van der Waals surface area contributed by atoms with Crippen LogP contribution in [0.25, 0.3) is 10.8 Å². The molecule has 2 N–H and O–H groups in total. The van der Waals surface area contributed by atoms with Gasteiger partial charge in [-0.3, -0.25) is 0 Å². The second kappa shape index (κ2) is 4.83. The third-order valence-electron chi connectivity index (χ3n) is 2.23. The molecule has 17 heavy (non-hydrogen) atoms. The normalized spacial score (nSPS) is 11.1. The fourth-order valence-electron chi connectivity index (χ4n) is 1.48. The fourth-order valence-corrected chi connectivity index (χ4v) is 2.09. The molecule has 0 heterocycles. The number of phenols is 2. The summed E-state index contributed by atoms with van der Waals surface area (Å²) in [6.07, 6.45) is 0. The van der Waals surface area contributed by atoms with E-state index in [0.29, 0.717) is 5.39 Å². The van der Waals surface area contributed by atoms with Crippen molar-refractivity contribution in [1.82, 2.24) is 0 Å². The second-order valence-corrected chi connectivity index (χ2v) is 4.60. The molecular weight excluding hydrogens is 255 g/mol. The van der Waals surface area contributed by atoms with Crippen molar-refractivity contribution in [2.45, 2.75) is 4.90 Å². The Morgan fingerprint density at radius 3 is 2.24 bits per heavy atom. The average molecular weight is 262 g/mol. The van der Waals surface area contributed by atoms with E-state index in [2.05, 4.69) is 0 Å². The van der Waals surface area contributed by atoms with E-state index in [1.807, 2.05) is 0 Å². The molecule has 0 aliphatic carbocycles. The zero-order chi connectivity index (χ0) is 11.9. The van der Waals surface area contributed by atoms with Crippen LogP contribution < -0.4 is 29.6 Å². The van der Waals surface area contributed by atoms with Gasteiger partial charge in [-0.15, -0.1) is 0 Å². The number of hydrogen-bond donors (Lipinski definition) is 2. The van der Waals surface area contributed by atoms with Gasteiger partial charge < -0.3 is 14.8 Å². The van der Waals surface area contributed by atoms with Gasteiger partial charge in [-0.25, -0.2) is 8.42 Å². The summed E-state index contributed by atoms with van der Waals surface area (Å²) >= 11 is 0. The molecule has 5 nitrogen and oxygen atoms in total. The minimum Gasteiger partial charge on any atom is -0.744 e. The van der Waals surface area contributed by atoms with E-state index in [-0.39, 0.29) is 34.9 Å². The van der Waals surface area contributed by atoms with E-state index in [0.717, 1.165) is 6.07 Å². The number of fused-ring (bicyclic) bond motifs is 1. The van der Waals surface area contributed by atoms with Gasteiger partial charge in [-0.1, -0.05) is 24.3 Å². The molecule has 0 aliphatic heterocycles. The number of rotatable bonds is 1. The minimum absolute atomic E-state index is 0. The van der Waals surface area contributed by atoms with Crippen molar-refractivity contribution < 1.29 is 52.7 Å². The van der Waals surface area contributed by atoms with Crippen LogP contribution >= 0.6 is 0 Å². The van der Waals surface area contributed by atoms with Crippen LogP contribution in [0, 0.1) is 0 Å². The standard InChI is InChI=1S/C10H8O5S.Na/c11-9-7-4-2-1-3-6(7)5-8(10(9)12)16(13,14)15;/h1-5,11-12H,(H,13,14,15);/q;+1/p-1. The molecular formula is C10H7NaO5S. The molecule has 84 valence electrons. The number of phenolic OH excluding ortho intramolecular Hbond substituents is 2. The Bertz CT molecular complexity index is 666. The largest absolute Gasteiger partial charge is 1.00 e. The number of aromatic hydroxyl groups is 2. The van der Waals surface area contributed by atoms with Gasteiger partial charge in [0.15, 0.2) is 11.5 Å². The Labute approximate surface area is 120 Å². The smallest absolute Gasteiger partial charge is 0.744 e. The molecule has 0 atom stereocenters. The Morgan fingerprint density at radius 1 is 1.06 bits per heavy atom. The first-order valence-corrected chi connectivity index (χ1v) is 5.71. The summed E-state index contributed by atoms with van der Waals surface area (Å²) in [5.74, 6) is -1.51. The van der Waals surface area contributed by atoms with Crippen LogP contribution in [-0.4, -0.2) is 23.2 Å². The third kappa shape index (κ3) is 2.56. The summed E-state index contributed by atoms with van der Waals surface area (Å²) in [4.78, 5) is -0.816. The van der Waals surface area contributed by atoms with Crippen molar-refractivity contribution in [3.63, 3.8) is 0 Å². The Kier molecular flexibility index (Phi) is 4.06. The van der Waals surface area contributed by atoms with Gasteiger partial charge in [-0.2, -0.15) is 0 Å². The van der Waals surface area contributed by atoms with E-state index in [1.165, 1.54) is 12.1 Å². The monoisotopic (exact) mass is 262 g/mol. The summed E-state index contributed by atoms with van der Waals surface area (Å²) in [6.45, 7) is 0. The zero-order valence-electron chi connectivity index (χ0n) is 8.91. The molecule has 2 aromatic rings. The molecule has 0 aliphatic rings. The maximum Gasteiger partial charge on any atom is 1.00 e. The van der Waals surface area contributed by atoms with Crippen molar-refractivity contribution in [3.05, 3.63) is 30.3 Å². The molecule has 0 spiro atoms. The molecule has 2 aromatic carbocycles. The van der Waals surface area contributed by atoms with Crippen molar-refractivity contribution in [3.8, 4) is 11.5 Å². The number of hydrogen-bond acceptors (Lipinski definition) is 5. The molecule has 2 rings (SSSR count). The van der Waals surface area contributed by atoms with Crippen LogP contribution in [0.4, 0.5) is 0 Å². The predicted octanol–water partition coefficient (Wildman–Crippen LogP) is -1.84. The summed E-state index contributed by atoms with van der Waals surface area (Å²) in [5, 5.41) is 19.6. The van der Waals surface area contributed by atoms with Gasteiger partial charge in [0.25, 0.3) is 0 Å². The molecule has 0 saturated carbocycles. The number of benzene rings is 2. The van der Waals surface area contributed by atoms with Crippen LogP contribution in [0.2, 0.25) is 0 Å². The first kappa shape index (κ1) is 14.3. The van der Waals surface area contributed by atoms with Crippen LogP contribution in [0.3, 0.4) is 0 Å².